The fraction of sp³-hybridized carbons (Fsp3) is 0.333. The van der Waals surface area contributed by atoms with Gasteiger partial charge in [0, 0.05) is 0 Å². The highest BCUT2D eigenvalue weighted by atomic mass is 16.5. The minimum absolute atomic E-state index is 0.335. The molecule has 0 bridgehead atoms. The summed E-state index contributed by atoms with van der Waals surface area (Å²) in [5, 5.41) is 0. The van der Waals surface area contributed by atoms with E-state index in [0.29, 0.717) is 12.5 Å². The number of benzene rings is 1. The van der Waals surface area contributed by atoms with Gasteiger partial charge in [-0.3, -0.25) is 0 Å². The van der Waals surface area contributed by atoms with Crippen molar-refractivity contribution >= 4 is 0 Å². The van der Waals surface area contributed by atoms with Crippen LogP contribution in [0.15, 0.2) is 24.3 Å². The molecule has 0 unspecified atom stereocenters. The van der Waals surface area contributed by atoms with Crippen LogP contribution in [0.1, 0.15) is 25.3 Å². The highest BCUT2D eigenvalue weighted by Crippen LogP contribution is 2.19. The van der Waals surface area contributed by atoms with Gasteiger partial charge < -0.3 is 4.74 Å². The molecule has 1 nitrogen and oxygen atoms in total. The van der Waals surface area contributed by atoms with E-state index in [0.717, 1.165) is 5.75 Å². The lowest BCUT2D eigenvalue weighted by atomic mass is 10.0. The van der Waals surface area contributed by atoms with Crippen molar-refractivity contribution in [1.82, 2.24) is 0 Å². The number of ether oxygens (including phenoxy) is 1. The predicted molar refractivity (Wildman–Crippen MR) is 54.9 cm³/mol. The number of rotatable bonds is 3. The highest BCUT2D eigenvalue weighted by molar-refractivity contribution is 5.30. The van der Waals surface area contributed by atoms with Crippen LogP contribution in [0.25, 0.3) is 0 Å². The minimum atomic E-state index is 0.335. The Bertz CT molecular complexity index is 307. The fourth-order valence-electron chi connectivity index (χ4n) is 1.09. The summed E-state index contributed by atoms with van der Waals surface area (Å²) in [4.78, 5) is 0. The van der Waals surface area contributed by atoms with E-state index in [1.54, 1.807) is 0 Å². The first-order valence-electron chi connectivity index (χ1n) is 4.40. The van der Waals surface area contributed by atoms with Gasteiger partial charge in [0.05, 0.1) is 0 Å². The maximum Gasteiger partial charge on any atom is 0.148 e. The Labute approximate surface area is 79.7 Å². The van der Waals surface area contributed by atoms with Crippen molar-refractivity contribution in [2.24, 2.45) is 0 Å². The first-order chi connectivity index (χ1) is 6.24. The molecule has 0 N–H and O–H groups in total. The average Bonchev–Trinajstić information content (AvgIpc) is 2.15. The van der Waals surface area contributed by atoms with E-state index < -0.39 is 0 Å². The normalized spacial score (nSPS) is 9.69. The van der Waals surface area contributed by atoms with E-state index in [9.17, 15) is 0 Å². The Hall–Kier alpha value is -1.42. The minimum Gasteiger partial charge on any atom is -0.481 e. The summed E-state index contributed by atoms with van der Waals surface area (Å²) in [6.45, 7) is 4.64. The monoisotopic (exact) mass is 174 g/mol. The summed E-state index contributed by atoms with van der Waals surface area (Å²) in [7, 11) is 0. The molecule has 0 amide bonds. The fourth-order valence-corrected chi connectivity index (χ4v) is 1.09. The van der Waals surface area contributed by atoms with Crippen molar-refractivity contribution < 1.29 is 4.74 Å². The molecule has 0 saturated heterocycles. The van der Waals surface area contributed by atoms with Gasteiger partial charge in [-0.1, -0.05) is 31.9 Å². The van der Waals surface area contributed by atoms with E-state index in [4.69, 9.17) is 11.2 Å². The third kappa shape index (κ3) is 2.83. The molecule has 0 aliphatic carbocycles. The second-order valence-corrected chi connectivity index (χ2v) is 3.22. The number of hydrogen-bond acceptors (Lipinski definition) is 1. The first kappa shape index (κ1) is 9.67. The van der Waals surface area contributed by atoms with Gasteiger partial charge >= 0.3 is 0 Å². The predicted octanol–water partition coefficient (Wildman–Crippen LogP) is 2.82. The molecule has 1 rings (SSSR count). The molecular weight excluding hydrogens is 160 g/mol. The summed E-state index contributed by atoms with van der Waals surface area (Å²) >= 11 is 0. The van der Waals surface area contributed by atoms with Crippen LogP contribution in [0, 0.1) is 12.3 Å². The molecule has 0 aliphatic rings. The molecule has 0 fully saturated rings. The van der Waals surface area contributed by atoms with Gasteiger partial charge in [0.2, 0.25) is 0 Å². The quantitative estimate of drug-likeness (QED) is 0.640. The standard InChI is InChI=1S/C12H14O/c1-4-8-13-12-7-5-6-11(9-12)10(2)3/h1,5-7,9-10H,8H2,2-3H3. The Kier molecular flexibility index (Phi) is 3.40. The van der Waals surface area contributed by atoms with Gasteiger partial charge in [0.1, 0.15) is 12.4 Å². The van der Waals surface area contributed by atoms with Gasteiger partial charge in [-0.15, -0.1) is 6.42 Å². The van der Waals surface area contributed by atoms with Gasteiger partial charge in [0.25, 0.3) is 0 Å². The second kappa shape index (κ2) is 4.57. The molecule has 13 heavy (non-hydrogen) atoms. The molecule has 68 valence electrons. The van der Waals surface area contributed by atoms with Crippen LogP contribution in [0.5, 0.6) is 5.75 Å². The van der Waals surface area contributed by atoms with Crippen LogP contribution in [0.2, 0.25) is 0 Å². The van der Waals surface area contributed by atoms with E-state index in [1.807, 2.05) is 18.2 Å². The Morgan fingerprint density at radius 3 is 2.85 bits per heavy atom. The Balaban J connectivity index is 2.75. The number of terminal acetylenes is 1. The lowest BCUT2D eigenvalue weighted by Gasteiger charge is -2.07. The molecule has 0 atom stereocenters. The maximum absolute atomic E-state index is 5.31. The summed E-state index contributed by atoms with van der Waals surface area (Å²) in [5.74, 6) is 3.82. The summed E-state index contributed by atoms with van der Waals surface area (Å²) in [5.41, 5.74) is 1.27. The second-order valence-electron chi connectivity index (χ2n) is 3.22. The van der Waals surface area contributed by atoms with Crippen LogP contribution in [0.4, 0.5) is 0 Å². The highest BCUT2D eigenvalue weighted by Gasteiger charge is 1.99. The zero-order valence-electron chi connectivity index (χ0n) is 8.08. The van der Waals surface area contributed by atoms with Crippen molar-refractivity contribution in [3.63, 3.8) is 0 Å². The van der Waals surface area contributed by atoms with Crippen molar-refractivity contribution in [1.29, 1.82) is 0 Å². The van der Waals surface area contributed by atoms with E-state index in [2.05, 4.69) is 25.8 Å². The van der Waals surface area contributed by atoms with E-state index >= 15 is 0 Å². The molecule has 0 saturated carbocycles. The molecule has 0 heterocycles. The summed E-state index contributed by atoms with van der Waals surface area (Å²) in [6, 6.07) is 8.03. The van der Waals surface area contributed by atoms with Gasteiger partial charge in [-0.25, -0.2) is 0 Å². The first-order valence-corrected chi connectivity index (χ1v) is 4.40. The lowest BCUT2D eigenvalue weighted by Crippen LogP contribution is -1.94. The molecule has 0 aromatic heterocycles. The van der Waals surface area contributed by atoms with Crippen molar-refractivity contribution in [2.75, 3.05) is 6.61 Å². The van der Waals surface area contributed by atoms with Crippen LogP contribution >= 0.6 is 0 Å². The molecule has 1 aromatic carbocycles. The largest absolute Gasteiger partial charge is 0.481 e. The van der Waals surface area contributed by atoms with E-state index in [1.165, 1.54) is 5.56 Å². The molecule has 1 heteroatoms. The SMILES string of the molecule is C#CCOc1cccc(C(C)C)c1. The van der Waals surface area contributed by atoms with Crippen LogP contribution in [0.3, 0.4) is 0 Å². The van der Waals surface area contributed by atoms with E-state index in [-0.39, 0.29) is 0 Å². The molecule has 1 aromatic rings. The molecule has 0 radical (unpaired) electrons. The van der Waals surface area contributed by atoms with Gasteiger partial charge in [0.15, 0.2) is 0 Å². The topological polar surface area (TPSA) is 9.23 Å². The van der Waals surface area contributed by atoms with Crippen LogP contribution < -0.4 is 4.74 Å². The van der Waals surface area contributed by atoms with Crippen molar-refractivity contribution in [3.05, 3.63) is 29.8 Å². The van der Waals surface area contributed by atoms with Gasteiger partial charge in [-0.2, -0.15) is 0 Å². The molecule has 0 aliphatic heterocycles. The van der Waals surface area contributed by atoms with Crippen LogP contribution in [-0.2, 0) is 0 Å². The van der Waals surface area contributed by atoms with Crippen molar-refractivity contribution in [3.8, 4) is 18.1 Å². The Morgan fingerprint density at radius 2 is 2.23 bits per heavy atom. The van der Waals surface area contributed by atoms with Crippen LogP contribution in [-0.4, -0.2) is 6.61 Å². The molecular formula is C12H14O. The maximum atomic E-state index is 5.31. The zero-order valence-corrected chi connectivity index (χ0v) is 8.08. The summed E-state index contributed by atoms with van der Waals surface area (Å²) in [6.07, 6.45) is 5.10. The van der Waals surface area contributed by atoms with Gasteiger partial charge in [-0.05, 0) is 23.6 Å². The average molecular weight is 174 g/mol. The third-order valence-corrected chi connectivity index (χ3v) is 1.85. The molecule has 0 spiro atoms. The number of hydrogen-bond donors (Lipinski definition) is 0. The third-order valence-electron chi connectivity index (χ3n) is 1.85. The zero-order chi connectivity index (χ0) is 9.68. The van der Waals surface area contributed by atoms with Crippen molar-refractivity contribution in [2.45, 2.75) is 19.8 Å². The smallest absolute Gasteiger partial charge is 0.148 e. The summed E-state index contributed by atoms with van der Waals surface area (Å²) < 4.78 is 5.31. The lowest BCUT2D eigenvalue weighted by molar-refractivity contribution is 0.370. The Morgan fingerprint density at radius 1 is 1.46 bits per heavy atom.